The Balaban J connectivity index is 4.36. The highest BCUT2D eigenvalue weighted by Gasteiger charge is 2.19. The molecule has 0 spiro atoms. The van der Waals surface area contributed by atoms with E-state index in [2.05, 4.69) is 69.4 Å². The third kappa shape index (κ3) is 62.2. The first kappa shape index (κ1) is 73.4. The summed E-state index contributed by atoms with van der Waals surface area (Å²) in [6, 6.07) is 0. The van der Waals surface area contributed by atoms with E-state index in [0.29, 0.717) is 19.3 Å². The van der Waals surface area contributed by atoms with E-state index in [4.69, 9.17) is 14.2 Å². The summed E-state index contributed by atoms with van der Waals surface area (Å²) in [6.07, 6.45) is 81.2. The van der Waals surface area contributed by atoms with Crippen molar-refractivity contribution < 1.29 is 28.6 Å². The molecule has 1 atom stereocenters. The summed E-state index contributed by atoms with van der Waals surface area (Å²) in [4.78, 5) is 38.4. The van der Waals surface area contributed by atoms with E-state index < -0.39 is 6.10 Å². The van der Waals surface area contributed by atoms with Gasteiger partial charge in [-0.15, -0.1) is 0 Å². The molecule has 6 heteroatoms. The molecule has 0 aliphatic carbocycles. The monoisotopic (exact) mass is 1060 g/mol. The Kier molecular flexibility index (Phi) is 62.6. The molecule has 0 aromatic carbocycles. The van der Waals surface area contributed by atoms with Crippen LogP contribution in [0.25, 0.3) is 0 Å². The van der Waals surface area contributed by atoms with E-state index >= 15 is 0 Å². The van der Waals surface area contributed by atoms with Gasteiger partial charge in [0.1, 0.15) is 13.2 Å². The zero-order chi connectivity index (χ0) is 55.0. The van der Waals surface area contributed by atoms with Crippen molar-refractivity contribution in [3.05, 3.63) is 48.6 Å². The van der Waals surface area contributed by atoms with Crippen LogP contribution < -0.4 is 0 Å². The van der Waals surface area contributed by atoms with Crippen LogP contribution in [-0.2, 0) is 28.6 Å². The van der Waals surface area contributed by atoms with Gasteiger partial charge in [0.25, 0.3) is 0 Å². The number of rotatable bonds is 62. The highest BCUT2D eigenvalue weighted by Crippen LogP contribution is 2.17. The van der Waals surface area contributed by atoms with E-state index in [-0.39, 0.29) is 31.1 Å². The van der Waals surface area contributed by atoms with Gasteiger partial charge in [-0.1, -0.05) is 307 Å². The molecule has 0 aromatic heterocycles. The van der Waals surface area contributed by atoms with Crippen LogP contribution in [0.1, 0.15) is 361 Å². The van der Waals surface area contributed by atoms with Crippen molar-refractivity contribution in [1.82, 2.24) is 0 Å². The van der Waals surface area contributed by atoms with Crippen LogP contribution in [0, 0.1) is 0 Å². The zero-order valence-corrected chi connectivity index (χ0v) is 51.0. The van der Waals surface area contributed by atoms with Gasteiger partial charge in [-0.25, -0.2) is 0 Å². The van der Waals surface area contributed by atoms with E-state index in [1.165, 1.54) is 244 Å². The molecule has 0 bridgehead atoms. The van der Waals surface area contributed by atoms with E-state index in [1.807, 2.05) is 0 Å². The van der Waals surface area contributed by atoms with Crippen LogP contribution >= 0.6 is 0 Å². The standard InChI is InChI=1S/C70H128O6/c1-4-7-10-13-16-19-22-25-28-31-33-35-37-39-42-45-48-51-54-57-60-63-69(72)75-66-67(65-74-68(71)62-59-56-53-50-47-44-41-30-27-24-21-18-15-12-9-6-3)76-70(73)64-61-58-55-52-49-46-43-40-38-36-34-32-29-26-23-20-17-14-11-8-5-2/h22,25,31-34,37,39,67H,4-21,23-24,26-30,35-36,38,40-66H2,1-3H3/b25-22-,33-31-,34-32-,39-37-. The van der Waals surface area contributed by atoms with Gasteiger partial charge in [0.15, 0.2) is 6.10 Å². The number of esters is 3. The summed E-state index contributed by atoms with van der Waals surface area (Å²) in [7, 11) is 0. The first-order valence-electron chi connectivity index (χ1n) is 33.6. The number of carbonyl (C=O) groups is 3. The Morgan fingerprint density at radius 2 is 0.474 bits per heavy atom. The third-order valence-corrected chi connectivity index (χ3v) is 15.1. The molecular formula is C70H128O6. The minimum absolute atomic E-state index is 0.0743. The molecule has 0 aromatic rings. The Morgan fingerprint density at radius 3 is 0.750 bits per heavy atom. The van der Waals surface area contributed by atoms with Gasteiger partial charge in [0, 0.05) is 19.3 Å². The van der Waals surface area contributed by atoms with Crippen LogP contribution in [0.3, 0.4) is 0 Å². The first-order chi connectivity index (χ1) is 37.5. The second-order valence-corrected chi connectivity index (χ2v) is 22.7. The SMILES string of the molecule is CCCCCCC/C=C\C/C=C\C/C=C\CCCCCCCCC(=O)OCC(COC(=O)CCCCCCCCCCCCCCCCCC)OC(=O)CCCCCCCCCCC/C=C\CCCCCCCCCC. The molecule has 0 aliphatic heterocycles. The smallest absolute Gasteiger partial charge is 0.306 e. The van der Waals surface area contributed by atoms with Crippen molar-refractivity contribution in [2.45, 2.75) is 367 Å². The maximum atomic E-state index is 12.9. The molecule has 76 heavy (non-hydrogen) atoms. The lowest BCUT2D eigenvalue weighted by Gasteiger charge is -2.18. The van der Waals surface area contributed by atoms with E-state index in [0.717, 1.165) is 77.0 Å². The highest BCUT2D eigenvalue weighted by molar-refractivity contribution is 5.71. The Hall–Kier alpha value is -2.63. The second kappa shape index (κ2) is 64.9. The molecule has 0 amide bonds. The molecule has 0 aliphatic rings. The molecule has 0 radical (unpaired) electrons. The lowest BCUT2D eigenvalue weighted by atomic mass is 10.0. The molecule has 0 N–H and O–H groups in total. The summed E-state index contributed by atoms with van der Waals surface area (Å²) < 4.78 is 17.0. The molecule has 444 valence electrons. The van der Waals surface area contributed by atoms with Crippen LogP contribution in [0.2, 0.25) is 0 Å². The second-order valence-electron chi connectivity index (χ2n) is 22.7. The van der Waals surface area contributed by atoms with Crippen molar-refractivity contribution in [2.24, 2.45) is 0 Å². The van der Waals surface area contributed by atoms with Gasteiger partial charge in [-0.2, -0.15) is 0 Å². The molecule has 1 unspecified atom stereocenters. The number of carbonyl (C=O) groups excluding carboxylic acids is 3. The van der Waals surface area contributed by atoms with Crippen LogP contribution in [-0.4, -0.2) is 37.2 Å². The predicted octanol–water partition coefficient (Wildman–Crippen LogP) is 22.9. The van der Waals surface area contributed by atoms with Crippen molar-refractivity contribution >= 4 is 17.9 Å². The van der Waals surface area contributed by atoms with Crippen LogP contribution in [0.5, 0.6) is 0 Å². The number of unbranched alkanes of at least 4 members (excludes halogenated alkanes) is 43. The largest absolute Gasteiger partial charge is 0.462 e. The van der Waals surface area contributed by atoms with Crippen molar-refractivity contribution in [3.8, 4) is 0 Å². The molecule has 0 saturated heterocycles. The number of hydrogen-bond donors (Lipinski definition) is 0. The minimum Gasteiger partial charge on any atom is -0.462 e. The molecular weight excluding hydrogens is 937 g/mol. The lowest BCUT2D eigenvalue weighted by Crippen LogP contribution is -2.30. The predicted molar refractivity (Wildman–Crippen MR) is 330 cm³/mol. The average Bonchev–Trinajstić information content (AvgIpc) is 3.42. The van der Waals surface area contributed by atoms with Crippen molar-refractivity contribution in [2.75, 3.05) is 13.2 Å². The minimum atomic E-state index is -0.779. The van der Waals surface area contributed by atoms with E-state index in [1.54, 1.807) is 0 Å². The fourth-order valence-corrected chi connectivity index (χ4v) is 9.98. The molecule has 0 saturated carbocycles. The number of ether oxygens (including phenoxy) is 3. The van der Waals surface area contributed by atoms with Crippen LogP contribution in [0.15, 0.2) is 48.6 Å². The molecule has 6 nitrogen and oxygen atoms in total. The Bertz CT molecular complexity index is 1310. The quantitative estimate of drug-likeness (QED) is 0.0261. The summed E-state index contributed by atoms with van der Waals surface area (Å²) in [5.41, 5.74) is 0. The van der Waals surface area contributed by atoms with Gasteiger partial charge < -0.3 is 14.2 Å². The zero-order valence-electron chi connectivity index (χ0n) is 51.0. The Morgan fingerprint density at radius 1 is 0.263 bits per heavy atom. The summed E-state index contributed by atoms with van der Waals surface area (Å²) in [5, 5.41) is 0. The van der Waals surface area contributed by atoms with Gasteiger partial charge >= 0.3 is 17.9 Å². The Labute approximate surface area is 473 Å². The fourth-order valence-electron chi connectivity index (χ4n) is 9.98. The molecule has 0 heterocycles. The summed E-state index contributed by atoms with van der Waals surface area (Å²) in [5.74, 6) is -0.865. The number of hydrogen-bond acceptors (Lipinski definition) is 6. The fraction of sp³-hybridized carbons (Fsp3) is 0.843. The molecule has 0 fully saturated rings. The van der Waals surface area contributed by atoms with Crippen LogP contribution in [0.4, 0.5) is 0 Å². The summed E-state index contributed by atoms with van der Waals surface area (Å²) >= 11 is 0. The highest BCUT2D eigenvalue weighted by atomic mass is 16.6. The molecule has 0 rings (SSSR count). The third-order valence-electron chi connectivity index (χ3n) is 15.1. The van der Waals surface area contributed by atoms with Gasteiger partial charge in [0.2, 0.25) is 0 Å². The first-order valence-corrected chi connectivity index (χ1v) is 33.6. The van der Waals surface area contributed by atoms with Gasteiger partial charge in [-0.05, 0) is 83.5 Å². The van der Waals surface area contributed by atoms with Gasteiger partial charge in [-0.3, -0.25) is 14.4 Å². The normalized spacial score (nSPS) is 12.3. The summed E-state index contributed by atoms with van der Waals surface area (Å²) in [6.45, 7) is 6.68. The van der Waals surface area contributed by atoms with Gasteiger partial charge in [0.05, 0.1) is 0 Å². The lowest BCUT2D eigenvalue weighted by molar-refractivity contribution is -0.167. The topological polar surface area (TPSA) is 78.9 Å². The van der Waals surface area contributed by atoms with E-state index in [9.17, 15) is 14.4 Å². The maximum absolute atomic E-state index is 12.9. The van der Waals surface area contributed by atoms with Crippen molar-refractivity contribution in [3.63, 3.8) is 0 Å². The number of allylic oxidation sites excluding steroid dienone is 8. The van der Waals surface area contributed by atoms with Crippen molar-refractivity contribution in [1.29, 1.82) is 0 Å². The average molecular weight is 1070 g/mol. The maximum Gasteiger partial charge on any atom is 0.306 e.